The maximum Gasteiger partial charge on any atom is 0.245 e. The van der Waals surface area contributed by atoms with Gasteiger partial charge < -0.3 is 10.6 Å². The molecule has 0 saturated carbocycles. The van der Waals surface area contributed by atoms with E-state index in [2.05, 4.69) is 71.8 Å². The normalized spacial score (nSPS) is 20.9. The maximum absolute atomic E-state index is 13.6. The van der Waals surface area contributed by atoms with Crippen molar-refractivity contribution in [3.05, 3.63) is 70.3 Å². The molecular formula is C23H31Cl2N3O. The molecule has 6 heteroatoms. The lowest BCUT2D eigenvalue weighted by Crippen LogP contribution is -2.60. The average Bonchev–Trinajstić information content (AvgIpc) is 3.07. The highest BCUT2D eigenvalue weighted by Crippen LogP contribution is 2.42. The largest absolute Gasteiger partial charge is 0.350 e. The first-order chi connectivity index (χ1) is 13.1. The highest BCUT2D eigenvalue weighted by atomic mass is 35.5. The second-order valence-corrected chi connectivity index (χ2v) is 7.93. The zero-order chi connectivity index (χ0) is 18.9. The SMILES string of the molecule is Cc1cc(C)cc(CNC(=O)C2(N3CCNCC3)CCc3ccccc32)c1.Cl.Cl. The van der Waals surface area contributed by atoms with Crippen LogP contribution in [0.1, 0.15) is 34.2 Å². The van der Waals surface area contributed by atoms with Crippen molar-refractivity contribution in [3.63, 3.8) is 0 Å². The van der Waals surface area contributed by atoms with Gasteiger partial charge in [0, 0.05) is 32.7 Å². The van der Waals surface area contributed by atoms with Gasteiger partial charge in [-0.3, -0.25) is 9.69 Å². The van der Waals surface area contributed by atoms with Gasteiger partial charge in [0.15, 0.2) is 0 Å². The Balaban J connectivity index is 0.00000150. The third-order valence-corrected chi connectivity index (χ3v) is 5.99. The standard InChI is InChI=1S/C23H29N3O.2ClH/c1-17-13-18(2)15-19(14-17)16-25-22(27)23(26-11-9-24-10-12-26)8-7-20-5-3-4-6-21(20)23;;/h3-6,13-15,24H,7-12,16H2,1-2H3,(H,25,27);2*1H. The Bertz CT molecular complexity index is 832. The molecule has 0 bridgehead atoms. The van der Waals surface area contributed by atoms with Crippen molar-refractivity contribution in [2.45, 2.75) is 38.8 Å². The first-order valence-corrected chi connectivity index (χ1v) is 9.99. The van der Waals surface area contributed by atoms with Gasteiger partial charge in [0.1, 0.15) is 5.54 Å². The molecule has 4 nitrogen and oxygen atoms in total. The number of amides is 1. The van der Waals surface area contributed by atoms with Crippen LogP contribution in [0.15, 0.2) is 42.5 Å². The van der Waals surface area contributed by atoms with Gasteiger partial charge in [-0.2, -0.15) is 0 Å². The first-order valence-electron chi connectivity index (χ1n) is 9.99. The van der Waals surface area contributed by atoms with Crippen LogP contribution in [-0.2, 0) is 23.3 Å². The van der Waals surface area contributed by atoms with E-state index in [4.69, 9.17) is 0 Å². The lowest BCUT2D eigenvalue weighted by Gasteiger charge is -2.43. The number of hydrogen-bond acceptors (Lipinski definition) is 3. The molecule has 29 heavy (non-hydrogen) atoms. The number of nitrogens with one attached hydrogen (secondary N) is 2. The van der Waals surface area contributed by atoms with Gasteiger partial charge in [-0.1, -0.05) is 53.6 Å². The van der Waals surface area contributed by atoms with Crippen LogP contribution in [0.2, 0.25) is 0 Å². The molecule has 2 aliphatic rings. The Morgan fingerprint density at radius 3 is 2.41 bits per heavy atom. The van der Waals surface area contributed by atoms with Crippen molar-refractivity contribution in [3.8, 4) is 0 Å². The molecule has 1 amide bonds. The molecule has 0 spiro atoms. The number of aryl methyl sites for hydroxylation is 3. The van der Waals surface area contributed by atoms with E-state index in [1.807, 2.05) is 0 Å². The van der Waals surface area contributed by atoms with Gasteiger partial charge in [-0.05, 0) is 43.4 Å². The van der Waals surface area contributed by atoms with Crippen LogP contribution in [-0.4, -0.2) is 37.0 Å². The van der Waals surface area contributed by atoms with Crippen LogP contribution in [0.25, 0.3) is 0 Å². The summed E-state index contributed by atoms with van der Waals surface area (Å²) < 4.78 is 0. The molecule has 1 saturated heterocycles. The molecule has 158 valence electrons. The van der Waals surface area contributed by atoms with Crippen molar-refractivity contribution < 1.29 is 4.79 Å². The molecule has 1 aliphatic carbocycles. The third-order valence-electron chi connectivity index (χ3n) is 5.99. The fourth-order valence-electron chi connectivity index (χ4n) is 4.85. The van der Waals surface area contributed by atoms with E-state index in [-0.39, 0.29) is 30.7 Å². The van der Waals surface area contributed by atoms with Crippen molar-refractivity contribution >= 4 is 30.7 Å². The molecule has 1 unspecified atom stereocenters. The van der Waals surface area contributed by atoms with Crippen molar-refractivity contribution in [2.75, 3.05) is 26.2 Å². The number of carbonyl (C=O) groups is 1. The Hall–Kier alpha value is -1.59. The Labute approximate surface area is 186 Å². The number of rotatable bonds is 4. The number of piperazine rings is 1. The lowest BCUT2D eigenvalue weighted by molar-refractivity contribution is -0.135. The van der Waals surface area contributed by atoms with Crippen molar-refractivity contribution in [1.29, 1.82) is 0 Å². The number of carbonyl (C=O) groups excluding carboxylic acids is 1. The molecule has 0 radical (unpaired) electrons. The molecule has 1 atom stereocenters. The Morgan fingerprint density at radius 1 is 1.07 bits per heavy atom. The second-order valence-electron chi connectivity index (χ2n) is 7.93. The highest BCUT2D eigenvalue weighted by Gasteiger charge is 2.49. The molecule has 4 rings (SSSR count). The second kappa shape index (κ2) is 9.94. The minimum absolute atomic E-state index is 0. The Morgan fingerprint density at radius 2 is 1.72 bits per heavy atom. The van der Waals surface area contributed by atoms with Crippen LogP contribution >= 0.6 is 24.8 Å². The van der Waals surface area contributed by atoms with Gasteiger partial charge in [-0.25, -0.2) is 0 Å². The number of nitrogens with zero attached hydrogens (tertiary/aromatic N) is 1. The molecule has 1 fully saturated rings. The van der Waals surface area contributed by atoms with Gasteiger partial charge in [0.05, 0.1) is 0 Å². The minimum atomic E-state index is -0.530. The minimum Gasteiger partial charge on any atom is -0.350 e. The number of hydrogen-bond donors (Lipinski definition) is 2. The van der Waals surface area contributed by atoms with E-state index in [1.54, 1.807) is 0 Å². The summed E-state index contributed by atoms with van der Waals surface area (Å²) in [6.45, 7) is 8.48. The van der Waals surface area contributed by atoms with Crippen LogP contribution in [0, 0.1) is 13.8 Å². The predicted molar refractivity (Wildman–Crippen MR) is 123 cm³/mol. The lowest BCUT2D eigenvalue weighted by atomic mass is 9.87. The molecule has 1 heterocycles. The average molecular weight is 436 g/mol. The van der Waals surface area contributed by atoms with Crippen LogP contribution in [0.3, 0.4) is 0 Å². The number of benzene rings is 2. The molecule has 2 aromatic rings. The van der Waals surface area contributed by atoms with E-state index >= 15 is 0 Å². The molecule has 2 N–H and O–H groups in total. The molecule has 0 aromatic heterocycles. The van der Waals surface area contributed by atoms with Gasteiger partial charge >= 0.3 is 0 Å². The highest BCUT2D eigenvalue weighted by molar-refractivity contribution is 5.89. The van der Waals surface area contributed by atoms with E-state index in [1.165, 1.54) is 27.8 Å². The monoisotopic (exact) mass is 435 g/mol. The number of fused-ring (bicyclic) bond motifs is 1. The summed E-state index contributed by atoms with van der Waals surface area (Å²) in [6.07, 6.45) is 1.84. The summed E-state index contributed by atoms with van der Waals surface area (Å²) in [5, 5.41) is 6.69. The van der Waals surface area contributed by atoms with Crippen LogP contribution < -0.4 is 10.6 Å². The molecule has 2 aromatic carbocycles. The fourth-order valence-corrected chi connectivity index (χ4v) is 4.85. The summed E-state index contributed by atoms with van der Waals surface area (Å²) in [6, 6.07) is 15.0. The first kappa shape index (κ1) is 23.7. The quantitative estimate of drug-likeness (QED) is 0.771. The summed E-state index contributed by atoms with van der Waals surface area (Å²) in [5.41, 5.74) is 5.63. The zero-order valence-electron chi connectivity index (χ0n) is 17.2. The van der Waals surface area contributed by atoms with Crippen molar-refractivity contribution in [2.24, 2.45) is 0 Å². The van der Waals surface area contributed by atoms with E-state index in [0.717, 1.165) is 39.0 Å². The molecular weight excluding hydrogens is 405 g/mol. The van der Waals surface area contributed by atoms with Gasteiger partial charge in [0.25, 0.3) is 0 Å². The topological polar surface area (TPSA) is 44.4 Å². The zero-order valence-corrected chi connectivity index (χ0v) is 18.8. The van der Waals surface area contributed by atoms with E-state index in [0.29, 0.717) is 6.54 Å². The van der Waals surface area contributed by atoms with E-state index in [9.17, 15) is 4.79 Å². The fraction of sp³-hybridized carbons (Fsp3) is 0.435. The third kappa shape index (κ3) is 4.61. The summed E-state index contributed by atoms with van der Waals surface area (Å²) in [4.78, 5) is 16.0. The van der Waals surface area contributed by atoms with Gasteiger partial charge in [0.2, 0.25) is 5.91 Å². The van der Waals surface area contributed by atoms with Crippen LogP contribution in [0.5, 0.6) is 0 Å². The van der Waals surface area contributed by atoms with E-state index < -0.39 is 5.54 Å². The summed E-state index contributed by atoms with van der Waals surface area (Å²) in [7, 11) is 0. The predicted octanol–water partition coefficient (Wildman–Crippen LogP) is 3.51. The number of halogens is 2. The van der Waals surface area contributed by atoms with Gasteiger partial charge in [-0.15, -0.1) is 24.8 Å². The summed E-state index contributed by atoms with van der Waals surface area (Å²) in [5.74, 6) is 0.147. The van der Waals surface area contributed by atoms with Crippen molar-refractivity contribution in [1.82, 2.24) is 15.5 Å². The maximum atomic E-state index is 13.6. The Kier molecular flexibility index (Phi) is 8.12. The smallest absolute Gasteiger partial charge is 0.245 e. The molecule has 1 aliphatic heterocycles. The van der Waals surface area contributed by atoms with Crippen LogP contribution in [0.4, 0.5) is 0 Å². The summed E-state index contributed by atoms with van der Waals surface area (Å²) >= 11 is 0.